The molecule has 0 radical (unpaired) electrons. The van der Waals surface area contributed by atoms with Crippen molar-refractivity contribution >= 4 is 19.0 Å². The molecule has 6 heteroatoms. The van der Waals surface area contributed by atoms with E-state index in [0.29, 0.717) is 5.31 Å². The third kappa shape index (κ3) is 4.98. The average molecular weight is 376 g/mol. The summed E-state index contributed by atoms with van der Waals surface area (Å²) in [4.78, 5) is 0. The van der Waals surface area contributed by atoms with Crippen molar-refractivity contribution < 1.29 is 23.1 Å². The Kier molecular flexibility index (Phi) is 7.46. The van der Waals surface area contributed by atoms with Crippen LogP contribution in [0.1, 0.15) is 25.0 Å². The van der Waals surface area contributed by atoms with Gasteiger partial charge in [-0.3, -0.25) is 4.57 Å². The molecule has 0 heterocycles. The normalized spacial score (nSPS) is 12.1. The summed E-state index contributed by atoms with van der Waals surface area (Å²) >= 11 is 0. The molecule has 0 saturated carbocycles. The van der Waals surface area contributed by atoms with Gasteiger partial charge in [0.25, 0.3) is 0 Å². The molecule has 0 bridgehead atoms. The summed E-state index contributed by atoms with van der Waals surface area (Å²) in [5, 5.41) is 0.508. The molecule has 0 atom stereocenters. The van der Waals surface area contributed by atoms with E-state index in [1.165, 1.54) is 0 Å². The van der Waals surface area contributed by atoms with Gasteiger partial charge in [-0.05, 0) is 55.3 Å². The smallest absolute Gasteiger partial charge is 0.361 e. The van der Waals surface area contributed by atoms with Gasteiger partial charge in [0.2, 0.25) is 0 Å². The minimum Gasteiger partial charge on any atom is -0.497 e. The van der Waals surface area contributed by atoms with E-state index in [2.05, 4.69) is 0 Å². The van der Waals surface area contributed by atoms with Crippen LogP contribution in [0.5, 0.6) is 11.5 Å². The number of rotatable bonds is 9. The van der Waals surface area contributed by atoms with Crippen molar-refractivity contribution in [2.24, 2.45) is 0 Å². The predicted octanol–water partition coefficient (Wildman–Crippen LogP) is 5.47. The van der Waals surface area contributed by atoms with Crippen LogP contribution in [0, 0.1) is 0 Å². The monoisotopic (exact) mass is 376 g/mol. The molecule has 0 amide bonds. The molecule has 0 saturated heterocycles. The first-order valence-electron chi connectivity index (χ1n) is 8.46. The highest BCUT2D eigenvalue weighted by atomic mass is 31.2. The Hall–Kier alpha value is -2.07. The van der Waals surface area contributed by atoms with Crippen LogP contribution in [0.15, 0.2) is 48.5 Å². The van der Waals surface area contributed by atoms with Gasteiger partial charge in [0.15, 0.2) is 0 Å². The summed E-state index contributed by atoms with van der Waals surface area (Å²) in [6.07, 6.45) is 1.83. The molecule has 0 fully saturated rings. The summed E-state index contributed by atoms with van der Waals surface area (Å²) in [6, 6.07) is 14.8. The van der Waals surface area contributed by atoms with E-state index in [9.17, 15) is 4.57 Å². The zero-order chi connectivity index (χ0) is 19.0. The van der Waals surface area contributed by atoms with E-state index in [0.717, 1.165) is 22.6 Å². The molecule has 140 valence electrons. The van der Waals surface area contributed by atoms with Gasteiger partial charge in [0.05, 0.1) is 32.7 Å². The fourth-order valence-electron chi connectivity index (χ4n) is 2.46. The van der Waals surface area contributed by atoms with Crippen LogP contribution in [0.3, 0.4) is 0 Å². The highest BCUT2D eigenvalue weighted by molar-refractivity contribution is 7.65. The number of benzene rings is 2. The third-order valence-electron chi connectivity index (χ3n) is 3.70. The first kappa shape index (κ1) is 20.2. The lowest BCUT2D eigenvalue weighted by atomic mass is 10.1. The fourth-order valence-corrected chi connectivity index (χ4v) is 4.26. The summed E-state index contributed by atoms with van der Waals surface area (Å²) in [6.45, 7) is 4.16. The Labute approximate surface area is 155 Å². The number of hydrogen-bond donors (Lipinski definition) is 0. The predicted molar refractivity (Wildman–Crippen MR) is 105 cm³/mol. The average Bonchev–Trinajstić information content (AvgIpc) is 2.67. The third-order valence-corrected chi connectivity index (χ3v) is 5.87. The zero-order valence-corrected chi connectivity index (χ0v) is 16.5. The zero-order valence-electron chi connectivity index (χ0n) is 15.6. The van der Waals surface area contributed by atoms with E-state index in [4.69, 9.17) is 18.5 Å². The minimum atomic E-state index is -3.47. The second kappa shape index (κ2) is 9.58. The lowest BCUT2D eigenvalue weighted by Gasteiger charge is -2.21. The lowest BCUT2D eigenvalue weighted by molar-refractivity contribution is 0.231. The fraction of sp³-hybridized carbons (Fsp3) is 0.300. The Bertz CT molecular complexity index is 756. The number of hydrogen-bond acceptors (Lipinski definition) is 5. The minimum absolute atomic E-state index is 0.285. The molecule has 0 aliphatic rings. The van der Waals surface area contributed by atoms with E-state index in [-0.39, 0.29) is 13.2 Å². The van der Waals surface area contributed by atoms with Crippen LogP contribution in [-0.2, 0) is 13.6 Å². The first-order chi connectivity index (χ1) is 12.6. The molecule has 2 rings (SSSR count). The van der Waals surface area contributed by atoms with Crippen LogP contribution in [-0.4, -0.2) is 27.4 Å². The van der Waals surface area contributed by atoms with Crippen LogP contribution >= 0.6 is 7.60 Å². The quantitative estimate of drug-likeness (QED) is 0.429. The summed E-state index contributed by atoms with van der Waals surface area (Å²) in [7, 11) is -0.248. The topological polar surface area (TPSA) is 54.0 Å². The van der Waals surface area contributed by atoms with Crippen LogP contribution in [0.2, 0.25) is 0 Å². The van der Waals surface area contributed by atoms with Gasteiger partial charge in [0, 0.05) is 0 Å². The van der Waals surface area contributed by atoms with Crippen molar-refractivity contribution in [2.75, 3.05) is 27.4 Å². The van der Waals surface area contributed by atoms with Crippen molar-refractivity contribution in [3.8, 4) is 11.5 Å². The Morgan fingerprint density at radius 3 is 1.73 bits per heavy atom. The van der Waals surface area contributed by atoms with Crippen LogP contribution in [0.4, 0.5) is 0 Å². The molecule has 0 aromatic heterocycles. The second-order valence-electron chi connectivity index (χ2n) is 5.36. The molecule has 5 nitrogen and oxygen atoms in total. The SMILES string of the molecule is CCOP(=O)(OCC)/C(=C/c1ccc(OC)cc1)c1ccc(OC)cc1. The van der Waals surface area contributed by atoms with Crippen LogP contribution < -0.4 is 9.47 Å². The molecule has 0 aliphatic carbocycles. The van der Waals surface area contributed by atoms with Gasteiger partial charge in [-0.15, -0.1) is 0 Å². The highest BCUT2D eigenvalue weighted by Crippen LogP contribution is 2.61. The Morgan fingerprint density at radius 2 is 1.31 bits per heavy atom. The first-order valence-corrected chi connectivity index (χ1v) is 10.0. The molecule has 0 unspecified atom stereocenters. The van der Waals surface area contributed by atoms with Crippen molar-refractivity contribution in [2.45, 2.75) is 13.8 Å². The standard InChI is InChI=1S/C20H25O5P/c1-5-24-26(21,25-6-2)20(17-9-13-19(23-4)14-10-17)15-16-7-11-18(22-3)12-8-16/h7-15H,5-6H2,1-4H3/b20-15+. The largest absolute Gasteiger partial charge is 0.497 e. The van der Waals surface area contributed by atoms with Gasteiger partial charge in [0.1, 0.15) is 11.5 Å². The molecule has 0 N–H and O–H groups in total. The van der Waals surface area contributed by atoms with Crippen molar-refractivity contribution in [1.29, 1.82) is 0 Å². The lowest BCUT2D eigenvalue weighted by Crippen LogP contribution is -1.99. The maximum absolute atomic E-state index is 13.4. The Balaban J connectivity index is 2.54. The molecule has 26 heavy (non-hydrogen) atoms. The highest BCUT2D eigenvalue weighted by Gasteiger charge is 2.30. The van der Waals surface area contributed by atoms with Crippen molar-refractivity contribution in [3.05, 3.63) is 59.7 Å². The maximum atomic E-state index is 13.4. The maximum Gasteiger partial charge on any atom is 0.361 e. The van der Waals surface area contributed by atoms with Gasteiger partial charge in [-0.1, -0.05) is 24.3 Å². The molecule has 2 aromatic carbocycles. The molecule has 0 aliphatic heterocycles. The van der Waals surface area contributed by atoms with Gasteiger partial charge < -0.3 is 18.5 Å². The van der Waals surface area contributed by atoms with Gasteiger partial charge in [-0.2, -0.15) is 0 Å². The number of ether oxygens (including phenoxy) is 2. The van der Waals surface area contributed by atoms with E-state index in [1.807, 2.05) is 54.6 Å². The molecular formula is C20H25O5P. The second-order valence-corrected chi connectivity index (χ2v) is 7.36. The molecule has 2 aromatic rings. The van der Waals surface area contributed by atoms with E-state index < -0.39 is 7.60 Å². The van der Waals surface area contributed by atoms with Gasteiger partial charge >= 0.3 is 7.60 Å². The van der Waals surface area contributed by atoms with E-state index >= 15 is 0 Å². The van der Waals surface area contributed by atoms with Crippen molar-refractivity contribution in [3.63, 3.8) is 0 Å². The summed E-state index contributed by atoms with van der Waals surface area (Å²) in [5.41, 5.74) is 1.63. The van der Waals surface area contributed by atoms with Crippen LogP contribution in [0.25, 0.3) is 11.4 Å². The van der Waals surface area contributed by atoms with Crippen molar-refractivity contribution in [1.82, 2.24) is 0 Å². The van der Waals surface area contributed by atoms with E-state index in [1.54, 1.807) is 28.1 Å². The molecule has 0 spiro atoms. The molecular weight excluding hydrogens is 351 g/mol. The number of methoxy groups -OCH3 is 2. The van der Waals surface area contributed by atoms with Gasteiger partial charge in [-0.25, -0.2) is 0 Å². The summed E-state index contributed by atoms with van der Waals surface area (Å²) in [5.74, 6) is 1.48. The summed E-state index contributed by atoms with van der Waals surface area (Å²) < 4.78 is 35.0. The Morgan fingerprint density at radius 1 is 0.846 bits per heavy atom.